The van der Waals surface area contributed by atoms with Crippen LogP contribution in [0.2, 0.25) is 0 Å². The lowest BCUT2D eigenvalue weighted by molar-refractivity contribution is 0.590. The molecular weight excluding hydrogens is 322 g/mol. The van der Waals surface area contributed by atoms with Gasteiger partial charge in [-0.15, -0.1) is 0 Å². The number of rotatable bonds is 3. The average Bonchev–Trinajstić information content (AvgIpc) is 3.39. The lowest BCUT2D eigenvalue weighted by atomic mass is 10.0. The molecule has 0 radical (unpaired) electrons. The maximum Gasteiger partial charge on any atom is 0.326 e. The first kappa shape index (κ1) is 15.0. The molecule has 0 N–H and O–H groups in total. The zero-order valence-corrected chi connectivity index (χ0v) is 14.1. The van der Waals surface area contributed by atoms with E-state index in [9.17, 15) is 8.42 Å². The Bertz CT molecular complexity index is 958. The summed E-state index contributed by atoms with van der Waals surface area (Å²) in [7, 11) is -1.88. The summed E-state index contributed by atoms with van der Waals surface area (Å²) in [5.41, 5.74) is 3.83. The maximum atomic E-state index is 12.7. The summed E-state index contributed by atoms with van der Waals surface area (Å²) in [5, 5.41) is 9.05. The zero-order valence-electron chi connectivity index (χ0n) is 13.3. The van der Waals surface area contributed by atoms with Crippen LogP contribution in [-0.4, -0.2) is 22.0 Å². The molecule has 0 amide bonds. The molecule has 0 unspecified atom stereocenters. The molecule has 0 aromatic heterocycles. The van der Waals surface area contributed by atoms with Gasteiger partial charge in [0.05, 0.1) is 23.0 Å². The predicted octanol–water partition coefficient (Wildman–Crippen LogP) is 3.14. The summed E-state index contributed by atoms with van der Waals surface area (Å²) < 4.78 is 28.2. The van der Waals surface area contributed by atoms with Crippen molar-refractivity contribution in [3.05, 3.63) is 48.0 Å². The van der Waals surface area contributed by atoms with Gasteiger partial charge in [0.15, 0.2) is 0 Å². The Hall–Kier alpha value is -2.52. The second-order valence-electron chi connectivity index (χ2n) is 6.35. The van der Waals surface area contributed by atoms with Crippen molar-refractivity contribution in [1.29, 1.82) is 5.26 Å². The summed E-state index contributed by atoms with van der Waals surface area (Å²) in [5.74, 6) is 0.478. The first-order valence-corrected chi connectivity index (χ1v) is 9.31. The number of hydrogen-bond acceptors (Lipinski definition) is 3. The fourth-order valence-electron chi connectivity index (χ4n) is 3.06. The van der Waals surface area contributed by atoms with Gasteiger partial charge in [-0.2, -0.15) is 13.7 Å². The van der Waals surface area contributed by atoms with E-state index in [2.05, 4.69) is 6.07 Å². The summed E-state index contributed by atoms with van der Waals surface area (Å²) in [6.07, 6.45) is 2.20. The molecule has 122 valence electrons. The van der Waals surface area contributed by atoms with E-state index in [-0.39, 0.29) is 0 Å². The highest BCUT2D eigenvalue weighted by molar-refractivity contribution is 7.94. The Morgan fingerprint density at radius 2 is 1.88 bits per heavy atom. The van der Waals surface area contributed by atoms with E-state index < -0.39 is 10.2 Å². The molecule has 0 bridgehead atoms. The van der Waals surface area contributed by atoms with Gasteiger partial charge >= 0.3 is 10.2 Å². The molecule has 2 aromatic rings. The van der Waals surface area contributed by atoms with Crippen molar-refractivity contribution in [1.82, 2.24) is 0 Å². The molecule has 2 aromatic carbocycles. The Morgan fingerprint density at radius 3 is 2.58 bits per heavy atom. The van der Waals surface area contributed by atoms with Crippen molar-refractivity contribution in [2.75, 3.05) is 22.2 Å². The fraction of sp³-hybridized carbons (Fsp3) is 0.278. The van der Waals surface area contributed by atoms with Crippen molar-refractivity contribution in [3.63, 3.8) is 0 Å². The molecule has 1 saturated carbocycles. The lowest BCUT2D eigenvalue weighted by Gasteiger charge is -2.18. The molecule has 24 heavy (non-hydrogen) atoms. The van der Waals surface area contributed by atoms with Gasteiger partial charge < -0.3 is 0 Å². The average molecular weight is 339 g/mol. The fourth-order valence-corrected chi connectivity index (χ4v) is 4.55. The summed E-state index contributed by atoms with van der Waals surface area (Å²) in [6, 6.07) is 15.1. The summed E-state index contributed by atoms with van der Waals surface area (Å²) in [6.45, 7) is 0.558. The van der Waals surface area contributed by atoms with Gasteiger partial charge in [-0.3, -0.25) is 8.61 Å². The van der Waals surface area contributed by atoms with Crippen LogP contribution < -0.4 is 8.61 Å². The molecule has 0 atom stereocenters. The minimum atomic E-state index is -3.48. The van der Waals surface area contributed by atoms with Gasteiger partial charge in [-0.1, -0.05) is 18.2 Å². The lowest BCUT2D eigenvalue weighted by Crippen LogP contribution is -2.36. The minimum Gasteiger partial charge on any atom is -0.254 e. The Balaban J connectivity index is 1.78. The quantitative estimate of drug-likeness (QED) is 0.863. The van der Waals surface area contributed by atoms with Crippen molar-refractivity contribution < 1.29 is 8.42 Å². The van der Waals surface area contributed by atoms with Crippen LogP contribution >= 0.6 is 0 Å². The molecule has 1 aliphatic carbocycles. The van der Waals surface area contributed by atoms with E-state index >= 15 is 0 Å². The zero-order chi connectivity index (χ0) is 16.9. The molecule has 0 spiro atoms. The molecule has 1 fully saturated rings. The van der Waals surface area contributed by atoms with Gasteiger partial charge in [-0.05, 0) is 54.2 Å². The SMILES string of the molecule is CN1c2cc(-c3cccc(C#N)c3)ccc2N(CC2CC2)S1(=O)=O. The van der Waals surface area contributed by atoms with Crippen molar-refractivity contribution >= 4 is 21.6 Å². The van der Waals surface area contributed by atoms with E-state index in [0.29, 0.717) is 23.7 Å². The predicted molar refractivity (Wildman–Crippen MR) is 94.0 cm³/mol. The van der Waals surface area contributed by atoms with E-state index in [0.717, 1.165) is 29.7 Å². The first-order valence-electron chi connectivity index (χ1n) is 7.92. The highest BCUT2D eigenvalue weighted by Gasteiger charge is 2.40. The second-order valence-corrected chi connectivity index (χ2v) is 8.23. The number of fused-ring (bicyclic) bond motifs is 1. The maximum absolute atomic E-state index is 12.7. The summed E-state index contributed by atoms with van der Waals surface area (Å²) >= 11 is 0. The van der Waals surface area contributed by atoms with Crippen LogP contribution in [0.1, 0.15) is 18.4 Å². The number of benzene rings is 2. The van der Waals surface area contributed by atoms with Crippen molar-refractivity contribution in [3.8, 4) is 17.2 Å². The van der Waals surface area contributed by atoms with E-state index in [1.165, 1.54) is 8.61 Å². The Labute approximate surface area is 141 Å². The Morgan fingerprint density at radius 1 is 1.12 bits per heavy atom. The van der Waals surface area contributed by atoms with Crippen LogP contribution in [0, 0.1) is 17.2 Å². The molecular formula is C18H17N3O2S. The van der Waals surface area contributed by atoms with Gasteiger partial charge in [0.25, 0.3) is 0 Å². The normalized spacial score (nSPS) is 18.3. The number of hydrogen-bond donors (Lipinski definition) is 0. The number of nitriles is 1. The van der Waals surface area contributed by atoms with Crippen LogP contribution in [0.15, 0.2) is 42.5 Å². The van der Waals surface area contributed by atoms with Crippen molar-refractivity contribution in [2.24, 2.45) is 5.92 Å². The highest BCUT2D eigenvalue weighted by atomic mass is 32.2. The van der Waals surface area contributed by atoms with Gasteiger partial charge in [0.1, 0.15) is 0 Å². The molecule has 1 heterocycles. The molecule has 6 heteroatoms. The van der Waals surface area contributed by atoms with E-state index in [1.807, 2.05) is 36.4 Å². The van der Waals surface area contributed by atoms with Crippen LogP contribution in [-0.2, 0) is 10.2 Å². The van der Waals surface area contributed by atoms with Crippen LogP contribution in [0.25, 0.3) is 11.1 Å². The molecule has 0 saturated heterocycles. The van der Waals surface area contributed by atoms with Crippen molar-refractivity contribution in [2.45, 2.75) is 12.8 Å². The molecule has 4 rings (SSSR count). The monoisotopic (exact) mass is 339 g/mol. The summed E-state index contributed by atoms with van der Waals surface area (Å²) in [4.78, 5) is 0. The number of anilines is 2. The molecule has 2 aliphatic rings. The van der Waals surface area contributed by atoms with Gasteiger partial charge in [0, 0.05) is 13.6 Å². The van der Waals surface area contributed by atoms with E-state index in [4.69, 9.17) is 5.26 Å². The van der Waals surface area contributed by atoms with Crippen LogP contribution in [0.4, 0.5) is 11.4 Å². The topological polar surface area (TPSA) is 64.4 Å². The third kappa shape index (κ3) is 2.33. The molecule has 1 aliphatic heterocycles. The van der Waals surface area contributed by atoms with Crippen LogP contribution in [0.3, 0.4) is 0 Å². The molecule has 5 nitrogen and oxygen atoms in total. The third-order valence-corrected chi connectivity index (χ3v) is 6.45. The Kier molecular flexibility index (Phi) is 3.29. The van der Waals surface area contributed by atoms with E-state index in [1.54, 1.807) is 13.1 Å². The highest BCUT2D eigenvalue weighted by Crippen LogP contribution is 2.44. The minimum absolute atomic E-state index is 0.478. The standard InChI is InChI=1S/C18H17N3O2S/c1-20-18-10-16(15-4-2-3-14(9-15)11-19)7-8-17(18)21(24(20,22)23)12-13-5-6-13/h2-4,7-10,13H,5-6,12H2,1H3. The first-order chi connectivity index (χ1) is 11.5. The van der Waals surface area contributed by atoms with Gasteiger partial charge in [0.2, 0.25) is 0 Å². The van der Waals surface area contributed by atoms with Gasteiger partial charge in [-0.25, -0.2) is 0 Å². The third-order valence-electron chi connectivity index (χ3n) is 4.65. The largest absolute Gasteiger partial charge is 0.326 e. The smallest absolute Gasteiger partial charge is 0.254 e. The number of nitrogens with zero attached hydrogens (tertiary/aromatic N) is 3. The second kappa shape index (κ2) is 5.25. The van der Waals surface area contributed by atoms with Crippen LogP contribution in [0.5, 0.6) is 0 Å².